The first-order chi connectivity index (χ1) is 11.6. The van der Waals surface area contributed by atoms with E-state index in [-0.39, 0.29) is 23.6 Å². The molecule has 3 N–H and O–H groups in total. The largest absolute Gasteiger partial charge is 0.330 e. The molecule has 2 atom stereocenters. The zero-order valence-electron chi connectivity index (χ0n) is 13.7. The number of nitrogens with one attached hydrogen (secondary N) is 1. The van der Waals surface area contributed by atoms with Crippen molar-refractivity contribution in [3.8, 4) is 0 Å². The maximum Gasteiger partial charge on any atom is 0.229 e. The van der Waals surface area contributed by atoms with Crippen LogP contribution < -0.4 is 11.1 Å². The van der Waals surface area contributed by atoms with Crippen molar-refractivity contribution < 1.29 is 9.18 Å². The Labute approximate surface area is 145 Å². The number of carbonyl (C=O) groups is 1. The number of aromatic nitrogens is 1. The van der Waals surface area contributed by atoms with Crippen molar-refractivity contribution in [3.63, 3.8) is 0 Å². The molecule has 1 aromatic carbocycles. The first-order valence-electron chi connectivity index (χ1n) is 8.27. The monoisotopic (exact) mass is 347 g/mol. The third-order valence-corrected chi connectivity index (χ3v) is 5.61. The van der Waals surface area contributed by atoms with Crippen LogP contribution >= 0.6 is 11.3 Å². The van der Waals surface area contributed by atoms with Crippen LogP contribution in [-0.4, -0.2) is 17.4 Å². The van der Waals surface area contributed by atoms with Gasteiger partial charge in [0.2, 0.25) is 5.91 Å². The summed E-state index contributed by atoms with van der Waals surface area (Å²) in [5, 5.41) is 3.52. The summed E-state index contributed by atoms with van der Waals surface area (Å²) in [4.78, 5) is 17.7. The molecule has 2 aromatic rings. The minimum Gasteiger partial charge on any atom is -0.330 e. The van der Waals surface area contributed by atoms with Crippen molar-refractivity contribution in [2.24, 2.45) is 17.6 Å². The number of thiazole rings is 1. The van der Waals surface area contributed by atoms with Gasteiger partial charge in [-0.1, -0.05) is 18.6 Å². The molecule has 1 saturated carbocycles. The molecule has 128 valence electrons. The third kappa shape index (κ3) is 3.82. The SMILES string of the molecule is Cc1ccc(Cc2cnc(NC(=O)[C@@H]3CCC[C@@H]3CN)s2)cc1F. The van der Waals surface area contributed by atoms with Crippen LogP contribution in [0, 0.1) is 24.6 Å². The highest BCUT2D eigenvalue weighted by Gasteiger charge is 2.32. The van der Waals surface area contributed by atoms with Gasteiger partial charge < -0.3 is 11.1 Å². The molecule has 4 nitrogen and oxygen atoms in total. The molecule has 1 heterocycles. The van der Waals surface area contributed by atoms with Gasteiger partial charge in [0, 0.05) is 23.4 Å². The van der Waals surface area contributed by atoms with Crippen molar-refractivity contribution in [1.29, 1.82) is 0 Å². The van der Waals surface area contributed by atoms with E-state index < -0.39 is 0 Å². The second kappa shape index (κ2) is 7.40. The molecular formula is C18H22FN3OS. The topological polar surface area (TPSA) is 68.0 Å². The summed E-state index contributed by atoms with van der Waals surface area (Å²) in [6.07, 6.45) is 5.33. The Bertz CT molecular complexity index is 731. The Morgan fingerprint density at radius 3 is 3.04 bits per heavy atom. The maximum atomic E-state index is 13.6. The molecular weight excluding hydrogens is 325 g/mol. The summed E-state index contributed by atoms with van der Waals surface area (Å²) in [7, 11) is 0. The summed E-state index contributed by atoms with van der Waals surface area (Å²) in [6.45, 7) is 2.30. The van der Waals surface area contributed by atoms with Crippen LogP contribution in [0.25, 0.3) is 0 Å². The maximum absolute atomic E-state index is 13.6. The number of nitrogens with two attached hydrogens (primary N) is 1. The summed E-state index contributed by atoms with van der Waals surface area (Å²) in [5.41, 5.74) is 7.29. The van der Waals surface area contributed by atoms with E-state index in [9.17, 15) is 9.18 Å². The average Bonchev–Trinajstić information content (AvgIpc) is 3.20. The fraction of sp³-hybridized carbons (Fsp3) is 0.444. The van der Waals surface area contributed by atoms with Crippen molar-refractivity contribution in [2.75, 3.05) is 11.9 Å². The lowest BCUT2D eigenvalue weighted by Crippen LogP contribution is -2.29. The number of rotatable bonds is 5. The number of halogens is 1. The number of anilines is 1. The molecule has 0 bridgehead atoms. The van der Waals surface area contributed by atoms with Gasteiger partial charge in [-0.2, -0.15) is 0 Å². The Hall–Kier alpha value is -1.79. The second-order valence-corrected chi connectivity index (χ2v) is 7.53. The molecule has 1 amide bonds. The lowest BCUT2D eigenvalue weighted by molar-refractivity contribution is -0.120. The molecule has 24 heavy (non-hydrogen) atoms. The molecule has 1 fully saturated rings. The van der Waals surface area contributed by atoms with E-state index in [1.165, 1.54) is 11.3 Å². The van der Waals surface area contributed by atoms with E-state index in [2.05, 4.69) is 10.3 Å². The summed E-state index contributed by atoms with van der Waals surface area (Å²) < 4.78 is 13.6. The number of amides is 1. The quantitative estimate of drug-likeness (QED) is 0.870. The summed E-state index contributed by atoms with van der Waals surface area (Å²) in [5.74, 6) is 0.0957. The predicted octanol–water partition coefficient (Wildman–Crippen LogP) is 3.49. The molecule has 1 aromatic heterocycles. The zero-order valence-corrected chi connectivity index (χ0v) is 14.5. The Balaban J connectivity index is 1.63. The van der Waals surface area contributed by atoms with E-state index in [0.29, 0.717) is 23.7 Å². The van der Waals surface area contributed by atoms with Gasteiger partial charge in [-0.25, -0.2) is 9.37 Å². The number of benzene rings is 1. The molecule has 0 unspecified atom stereocenters. The fourth-order valence-electron chi connectivity index (χ4n) is 3.26. The van der Waals surface area contributed by atoms with E-state index in [1.807, 2.05) is 6.07 Å². The first kappa shape index (κ1) is 17.0. The Morgan fingerprint density at radius 2 is 2.29 bits per heavy atom. The van der Waals surface area contributed by atoms with Gasteiger partial charge in [0.25, 0.3) is 0 Å². The lowest BCUT2D eigenvalue weighted by Gasteiger charge is -2.16. The number of hydrogen-bond donors (Lipinski definition) is 2. The smallest absolute Gasteiger partial charge is 0.229 e. The van der Waals surface area contributed by atoms with Gasteiger partial charge in [-0.15, -0.1) is 11.3 Å². The Kier molecular flexibility index (Phi) is 5.26. The zero-order chi connectivity index (χ0) is 17.1. The second-order valence-electron chi connectivity index (χ2n) is 6.41. The number of hydrogen-bond acceptors (Lipinski definition) is 4. The van der Waals surface area contributed by atoms with Gasteiger partial charge in [-0.3, -0.25) is 4.79 Å². The molecule has 0 saturated heterocycles. The summed E-state index contributed by atoms with van der Waals surface area (Å²) >= 11 is 1.44. The fourth-order valence-corrected chi connectivity index (χ4v) is 4.11. The summed E-state index contributed by atoms with van der Waals surface area (Å²) in [6, 6.07) is 5.25. The first-order valence-corrected chi connectivity index (χ1v) is 9.09. The standard InChI is InChI=1S/C18H22FN3OS/c1-11-5-6-12(8-16(11)19)7-14-10-21-18(24-14)22-17(23)15-4-2-3-13(15)9-20/h5-6,8,10,13,15H,2-4,7,9,20H2,1H3,(H,21,22,23)/t13-,15-/m1/s1. The average molecular weight is 347 g/mol. The lowest BCUT2D eigenvalue weighted by atomic mass is 9.95. The van der Waals surface area contributed by atoms with E-state index in [4.69, 9.17) is 5.73 Å². The number of carbonyl (C=O) groups excluding carboxylic acids is 1. The Morgan fingerprint density at radius 1 is 1.46 bits per heavy atom. The molecule has 0 radical (unpaired) electrons. The van der Waals surface area contributed by atoms with Crippen molar-refractivity contribution in [2.45, 2.75) is 32.6 Å². The van der Waals surface area contributed by atoms with Gasteiger partial charge >= 0.3 is 0 Å². The highest BCUT2D eigenvalue weighted by Crippen LogP contribution is 2.32. The van der Waals surface area contributed by atoms with E-state index in [0.717, 1.165) is 29.7 Å². The van der Waals surface area contributed by atoms with Gasteiger partial charge in [-0.05, 0) is 49.4 Å². The van der Waals surface area contributed by atoms with Crippen molar-refractivity contribution in [3.05, 3.63) is 46.2 Å². The van der Waals surface area contributed by atoms with Crippen LogP contribution in [0.1, 0.15) is 35.3 Å². The molecule has 1 aliphatic rings. The highest BCUT2D eigenvalue weighted by atomic mass is 32.1. The number of aryl methyl sites for hydroxylation is 1. The third-order valence-electron chi connectivity index (χ3n) is 4.70. The van der Waals surface area contributed by atoms with Gasteiger partial charge in [0.1, 0.15) is 5.82 Å². The van der Waals surface area contributed by atoms with Crippen LogP contribution in [0.3, 0.4) is 0 Å². The van der Waals surface area contributed by atoms with Gasteiger partial charge in [0.05, 0.1) is 0 Å². The van der Waals surface area contributed by atoms with Gasteiger partial charge in [0.15, 0.2) is 5.13 Å². The molecule has 1 aliphatic carbocycles. The number of nitrogens with zero attached hydrogens (tertiary/aromatic N) is 1. The van der Waals surface area contributed by atoms with Crippen LogP contribution in [-0.2, 0) is 11.2 Å². The minimum atomic E-state index is -0.195. The molecule has 3 rings (SSSR count). The predicted molar refractivity (Wildman–Crippen MR) is 94.6 cm³/mol. The van der Waals surface area contributed by atoms with Crippen LogP contribution in [0.4, 0.5) is 9.52 Å². The van der Waals surface area contributed by atoms with E-state index in [1.54, 1.807) is 25.3 Å². The van der Waals surface area contributed by atoms with Crippen LogP contribution in [0.15, 0.2) is 24.4 Å². The highest BCUT2D eigenvalue weighted by molar-refractivity contribution is 7.15. The van der Waals surface area contributed by atoms with Crippen molar-refractivity contribution in [1.82, 2.24) is 4.98 Å². The molecule has 6 heteroatoms. The van der Waals surface area contributed by atoms with Crippen LogP contribution in [0.2, 0.25) is 0 Å². The normalized spacial score (nSPS) is 20.3. The molecule has 0 spiro atoms. The van der Waals surface area contributed by atoms with E-state index >= 15 is 0 Å². The van der Waals surface area contributed by atoms with Crippen LogP contribution in [0.5, 0.6) is 0 Å². The van der Waals surface area contributed by atoms with Crippen molar-refractivity contribution >= 4 is 22.4 Å². The minimum absolute atomic E-state index is 0.00598. The molecule has 0 aliphatic heterocycles.